The molecule has 1 aliphatic heterocycles. The summed E-state index contributed by atoms with van der Waals surface area (Å²) in [7, 11) is -0.596. The van der Waals surface area contributed by atoms with Crippen molar-refractivity contribution in [2.75, 3.05) is 46.8 Å². The maximum atomic E-state index is 12.8. The van der Waals surface area contributed by atoms with Gasteiger partial charge < -0.3 is 4.90 Å². The molecule has 6 nitrogen and oxygen atoms in total. The minimum atomic E-state index is -3.56. The predicted molar refractivity (Wildman–Crippen MR) is 115 cm³/mol. The Morgan fingerprint density at radius 2 is 1.69 bits per heavy atom. The van der Waals surface area contributed by atoms with Crippen molar-refractivity contribution in [2.45, 2.75) is 4.90 Å². The lowest BCUT2D eigenvalue weighted by molar-refractivity contribution is 0.0650. The maximum Gasteiger partial charge on any atom is 0.253 e. The minimum absolute atomic E-state index is 0.125. The van der Waals surface area contributed by atoms with Crippen LogP contribution in [0.15, 0.2) is 65.6 Å². The smallest absolute Gasteiger partial charge is 0.253 e. The third kappa shape index (κ3) is 5.32. The maximum absolute atomic E-state index is 12.8. The monoisotopic (exact) mass is 413 g/mol. The van der Waals surface area contributed by atoms with E-state index in [0.29, 0.717) is 18.7 Å². The fraction of sp³-hybridized carbons (Fsp3) is 0.318. The molecule has 154 valence electrons. The number of amides is 1. The zero-order valence-corrected chi connectivity index (χ0v) is 17.7. The van der Waals surface area contributed by atoms with Gasteiger partial charge in [-0.25, -0.2) is 12.7 Å². The van der Waals surface area contributed by atoms with Crippen molar-refractivity contribution in [3.05, 3.63) is 71.8 Å². The van der Waals surface area contributed by atoms with Gasteiger partial charge in [-0.15, -0.1) is 0 Å². The summed E-state index contributed by atoms with van der Waals surface area (Å²) in [4.78, 5) is 17.1. The molecule has 3 rings (SSSR count). The molecule has 1 saturated heterocycles. The van der Waals surface area contributed by atoms with Gasteiger partial charge in [0.05, 0.1) is 4.90 Å². The van der Waals surface area contributed by atoms with Crippen LogP contribution in [0.5, 0.6) is 0 Å². The largest absolute Gasteiger partial charge is 0.336 e. The zero-order valence-electron chi connectivity index (χ0n) is 16.9. The quantitative estimate of drug-likeness (QED) is 0.730. The molecule has 0 atom stereocenters. The van der Waals surface area contributed by atoms with Crippen molar-refractivity contribution in [3.8, 4) is 0 Å². The summed E-state index contributed by atoms with van der Waals surface area (Å²) in [6, 6.07) is 16.4. The molecule has 0 N–H and O–H groups in total. The molecule has 0 saturated carbocycles. The fourth-order valence-corrected chi connectivity index (χ4v) is 4.17. The van der Waals surface area contributed by atoms with Gasteiger partial charge in [0.1, 0.15) is 0 Å². The normalized spacial score (nSPS) is 15.9. The van der Waals surface area contributed by atoms with Gasteiger partial charge in [-0.3, -0.25) is 9.69 Å². The molecule has 0 radical (unpaired) electrons. The van der Waals surface area contributed by atoms with Crippen molar-refractivity contribution in [1.82, 2.24) is 14.1 Å². The summed E-state index contributed by atoms with van der Waals surface area (Å²) in [6.07, 6.45) is 4.25. The van der Waals surface area contributed by atoms with Crippen LogP contribution in [0, 0.1) is 0 Å². The molecule has 0 aliphatic carbocycles. The third-order valence-corrected chi connectivity index (χ3v) is 6.80. The molecule has 1 amide bonds. The number of hydrogen-bond acceptors (Lipinski definition) is 4. The highest BCUT2D eigenvalue weighted by atomic mass is 32.2. The lowest BCUT2D eigenvalue weighted by atomic mass is 10.1. The Labute approximate surface area is 173 Å². The van der Waals surface area contributed by atoms with Crippen molar-refractivity contribution < 1.29 is 13.2 Å². The standard InChI is InChI=1S/C22H27N3O3S/c1-23(2)29(27,28)21-12-6-11-20(18-21)22(26)25-16-14-24(15-17-25)13-7-10-19-8-4-3-5-9-19/h3-12,18H,13-17H2,1-2H3. The summed E-state index contributed by atoms with van der Waals surface area (Å²) in [6.45, 7) is 3.68. The van der Waals surface area contributed by atoms with E-state index >= 15 is 0 Å². The predicted octanol–water partition coefficient (Wildman–Crippen LogP) is 2.41. The third-order valence-electron chi connectivity index (χ3n) is 4.99. The Balaban J connectivity index is 1.57. The molecule has 2 aromatic rings. The summed E-state index contributed by atoms with van der Waals surface area (Å²) >= 11 is 0. The van der Waals surface area contributed by atoms with Crippen LogP contribution in [0.3, 0.4) is 0 Å². The highest BCUT2D eigenvalue weighted by Crippen LogP contribution is 2.17. The average molecular weight is 414 g/mol. The van der Waals surface area contributed by atoms with E-state index in [1.165, 1.54) is 31.8 Å². The second-order valence-corrected chi connectivity index (χ2v) is 9.37. The van der Waals surface area contributed by atoms with Crippen LogP contribution < -0.4 is 0 Å². The van der Waals surface area contributed by atoms with Gasteiger partial charge >= 0.3 is 0 Å². The number of hydrogen-bond donors (Lipinski definition) is 0. The fourth-order valence-electron chi connectivity index (χ4n) is 3.22. The molecule has 0 bridgehead atoms. The van der Waals surface area contributed by atoms with Gasteiger partial charge in [-0.05, 0) is 23.8 Å². The van der Waals surface area contributed by atoms with Gasteiger partial charge in [0.25, 0.3) is 5.91 Å². The van der Waals surface area contributed by atoms with E-state index in [0.717, 1.165) is 23.9 Å². The molecule has 0 aromatic heterocycles. The summed E-state index contributed by atoms with van der Waals surface area (Å²) in [5, 5.41) is 0. The Bertz CT molecular complexity index is 964. The van der Waals surface area contributed by atoms with Crippen LogP contribution in [0.25, 0.3) is 6.08 Å². The van der Waals surface area contributed by atoms with Crippen LogP contribution >= 0.6 is 0 Å². The molecular formula is C22H27N3O3S. The van der Waals surface area contributed by atoms with E-state index in [9.17, 15) is 13.2 Å². The Morgan fingerprint density at radius 3 is 2.34 bits per heavy atom. The Hall–Kier alpha value is -2.48. The van der Waals surface area contributed by atoms with Gasteiger partial charge in [0, 0.05) is 52.4 Å². The van der Waals surface area contributed by atoms with E-state index in [1.54, 1.807) is 17.0 Å². The van der Waals surface area contributed by atoms with Crippen LogP contribution in [-0.2, 0) is 10.0 Å². The number of carbonyl (C=O) groups is 1. The van der Waals surface area contributed by atoms with Crippen molar-refractivity contribution >= 4 is 22.0 Å². The molecule has 0 spiro atoms. The van der Waals surface area contributed by atoms with Gasteiger partial charge in [0.15, 0.2) is 0 Å². The highest BCUT2D eigenvalue weighted by molar-refractivity contribution is 7.89. The number of rotatable bonds is 6. The summed E-state index contributed by atoms with van der Waals surface area (Å²) < 4.78 is 25.8. The minimum Gasteiger partial charge on any atom is -0.336 e. The first-order chi connectivity index (χ1) is 13.9. The highest BCUT2D eigenvalue weighted by Gasteiger charge is 2.24. The molecule has 1 fully saturated rings. The van der Waals surface area contributed by atoms with E-state index in [4.69, 9.17) is 0 Å². The number of nitrogens with zero attached hydrogens (tertiary/aromatic N) is 3. The van der Waals surface area contributed by atoms with Crippen molar-refractivity contribution in [2.24, 2.45) is 0 Å². The summed E-state index contributed by atoms with van der Waals surface area (Å²) in [5.41, 5.74) is 1.58. The van der Waals surface area contributed by atoms with Crippen LogP contribution in [0.1, 0.15) is 15.9 Å². The SMILES string of the molecule is CN(C)S(=O)(=O)c1cccc(C(=O)N2CCN(CC=Cc3ccccc3)CC2)c1. The van der Waals surface area contributed by atoms with Crippen molar-refractivity contribution in [1.29, 1.82) is 0 Å². The second-order valence-electron chi connectivity index (χ2n) is 7.22. The molecule has 7 heteroatoms. The van der Waals surface area contributed by atoms with E-state index in [2.05, 4.69) is 29.2 Å². The topological polar surface area (TPSA) is 60.9 Å². The lowest BCUT2D eigenvalue weighted by Crippen LogP contribution is -2.48. The molecule has 29 heavy (non-hydrogen) atoms. The number of piperazine rings is 1. The van der Waals surface area contributed by atoms with E-state index in [-0.39, 0.29) is 10.8 Å². The lowest BCUT2D eigenvalue weighted by Gasteiger charge is -2.34. The molecule has 2 aromatic carbocycles. The Morgan fingerprint density at radius 1 is 1.00 bits per heavy atom. The van der Waals surface area contributed by atoms with Gasteiger partial charge in [-0.1, -0.05) is 48.6 Å². The van der Waals surface area contributed by atoms with E-state index in [1.807, 2.05) is 18.2 Å². The first kappa shape index (κ1) is 21.2. The van der Waals surface area contributed by atoms with Gasteiger partial charge in [-0.2, -0.15) is 0 Å². The molecule has 1 aliphatic rings. The first-order valence-corrected chi connectivity index (χ1v) is 11.1. The average Bonchev–Trinajstić information content (AvgIpc) is 2.74. The molecule has 0 unspecified atom stereocenters. The number of benzene rings is 2. The second kappa shape index (κ2) is 9.35. The van der Waals surface area contributed by atoms with E-state index < -0.39 is 10.0 Å². The van der Waals surface area contributed by atoms with Crippen LogP contribution in [0.2, 0.25) is 0 Å². The van der Waals surface area contributed by atoms with Crippen LogP contribution in [0.4, 0.5) is 0 Å². The van der Waals surface area contributed by atoms with Crippen molar-refractivity contribution in [3.63, 3.8) is 0 Å². The van der Waals surface area contributed by atoms with Gasteiger partial charge in [0.2, 0.25) is 10.0 Å². The molecule has 1 heterocycles. The Kier molecular flexibility index (Phi) is 6.84. The number of carbonyl (C=O) groups excluding carboxylic acids is 1. The molecular weight excluding hydrogens is 386 g/mol. The first-order valence-electron chi connectivity index (χ1n) is 9.64. The zero-order chi connectivity index (χ0) is 20.9. The number of sulfonamides is 1. The summed E-state index contributed by atoms with van der Waals surface area (Å²) in [5.74, 6) is -0.125. The van der Waals surface area contributed by atoms with Crippen LogP contribution in [-0.4, -0.2) is 75.2 Å².